The number of carboxylic acid groups (broad SMARTS) is 1. The molecule has 1 aliphatic heterocycles. The summed E-state index contributed by atoms with van der Waals surface area (Å²) in [5, 5.41) is 12.8. The van der Waals surface area contributed by atoms with E-state index in [0.29, 0.717) is 18.1 Å². The van der Waals surface area contributed by atoms with Crippen LogP contribution < -0.4 is 0 Å². The Balaban J connectivity index is 1.52. The largest absolute Gasteiger partial charge is 0.481 e. The molecule has 2 heterocycles. The van der Waals surface area contributed by atoms with Gasteiger partial charge in [-0.2, -0.15) is 4.98 Å². The maximum Gasteiger partial charge on any atom is 0.303 e. The summed E-state index contributed by atoms with van der Waals surface area (Å²) < 4.78 is 5.47. The molecule has 2 aromatic rings. The van der Waals surface area contributed by atoms with Gasteiger partial charge in [0.15, 0.2) is 0 Å². The lowest BCUT2D eigenvalue weighted by molar-refractivity contribution is -0.137. The molecule has 1 N–H and O–H groups in total. The molecule has 1 aromatic carbocycles. The molecule has 25 heavy (non-hydrogen) atoms. The third-order valence-corrected chi connectivity index (χ3v) is 4.65. The predicted molar refractivity (Wildman–Crippen MR) is 93.0 cm³/mol. The average molecular weight is 344 g/mol. The van der Waals surface area contributed by atoms with Gasteiger partial charge in [-0.1, -0.05) is 35.5 Å². The summed E-state index contributed by atoms with van der Waals surface area (Å²) in [6.07, 6.45) is 0.940. The standard InChI is InChI=1S/C18H24N4O3/c1-14(18-19-17(20-25-18)15-6-3-2-4-7-15)22-12-10-21(11-13-22)9-5-8-16(23)24/h2-4,6-7,14H,5,8-13H2,1H3,(H,23,24). The van der Waals surface area contributed by atoms with E-state index in [2.05, 4.69) is 26.9 Å². The van der Waals surface area contributed by atoms with Gasteiger partial charge in [-0.15, -0.1) is 0 Å². The molecule has 0 bridgehead atoms. The van der Waals surface area contributed by atoms with Crippen LogP contribution in [0.4, 0.5) is 0 Å². The summed E-state index contributed by atoms with van der Waals surface area (Å²) in [5.41, 5.74) is 0.952. The quantitative estimate of drug-likeness (QED) is 0.825. The molecule has 0 spiro atoms. The van der Waals surface area contributed by atoms with Crippen molar-refractivity contribution < 1.29 is 14.4 Å². The van der Waals surface area contributed by atoms with Crippen LogP contribution in [0.15, 0.2) is 34.9 Å². The molecule has 1 aromatic heterocycles. The van der Waals surface area contributed by atoms with Crippen molar-refractivity contribution in [3.8, 4) is 11.4 Å². The van der Waals surface area contributed by atoms with E-state index >= 15 is 0 Å². The first-order valence-electron chi connectivity index (χ1n) is 8.70. The minimum atomic E-state index is -0.724. The van der Waals surface area contributed by atoms with Crippen molar-refractivity contribution in [3.63, 3.8) is 0 Å². The van der Waals surface area contributed by atoms with E-state index in [1.807, 2.05) is 30.3 Å². The fourth-order valence-corrected chi connectivity index (χ4v) is 3.09. The fourth-order valence-electron chi connectivity index (χ4n) is 3.09. The highest BCUT2D eigenvalue weighted by Crippen LogP contribution is 2.23. The first-order chi connectivity index (χ1) is 12.1. The Morgan fingerprint density at radius 1 is 1.24 bits per heavy atom. The summed E-state index contributed by atoms with van der Waals surface area (Å²) in [6, 6.07) is 9.88. The number of aliphatic carboxylic acids is 1. The molecule has 1 unspecified atom stereocenters. The molecule has 134 valence electrons. The summed E-state index contributed by atoms with van der Waals surface area (Å²) in [6.45, 7) is 6.62. The summed E-state index contributed by atoms with van der Waals surface area (Å²) >= 11 is 0. The van der Waals surface area contributed by atoms with Crippen molar-refractivity contribution in [1.29, 1.82) is 0 Å². The lowest BCUT2D eigenvalue weighted by Crippen LogP contribution is -2.47. The summed E-state index contributed by atoms with van der Waals surface area (Å²) in [7, 11) is 0. The monoisotopic (exact) mass is 344 g/mol. The number of hydrogen-bond donors (Lipinski definition) is 1. The molecule has 1 atom stereocenters. The molecule has 7 nitrogen and oxygen atoms in total. The van der Waals surface area contributed by atoms with Gasteiger partial charge in [0.25, 0.3) is 0 Å². The van der Waals surface area contributed by atoms with Gasteiger partial charge >= 0.3 is 5.97 Å². The second-order valence-electron chi connectivity index (χ2n) is 6.37. The van der Waals surface area contributed by atoms with Crippen LogP contribution in [-0.2, 0) is 4.79 Å². The molecule has 3 rings (SSSR count). The van der Waals surface area contributed by atoms with Gasteiger partial charge in [0, 0.05) is 38.2 Å². The Morgan fingerprint density at radius 2 is 1.96 bits per heavy atom. The van der Waals surface area contributed by atoms with Crippen LogP contribution in [0.25, 0.3) is 11.4 Å². The lowest BCUT2D eigenvalue weighted by Gasteiger charge is -2.36. The highest BCUT2D eigenvalue weighted by molar-refractivity contribution is 5.66. The van der Waals surface area contributed by atoms with Crippen LogP contribution in [0.3, 0.4) is 0 Å². The second-order valence-corrected chi connectivity index (χ2v) is 6.37. The Labute approximate surface area is 147 Å². The van der Waals surface area contributed by atoms with E-state index in [1.165, 1.54) is 0 Å². The van der Waals surface area contributed by atoms with Crippen LogP contribution in [0.1, 0.15) is 31.7 Å². The van der Waals surface area contributed by atoms with Gasteiger partial charge < -0.3 is 14.5 Å². The van der Waals surface area contributed by atoms with Gasteiger partial charge in [0.2, 0.25) is 11.7 Å². The minimum absolute atomic E-state index is 0.0751. The number of benzene rings is 1. The normalized spacial score (nSPS) is 17.5. The zero-order valence-electron chi connectivity index (χ0n) is 14.5. The van der Waals surface area contributed by atoms with E-state index in [1.54, 1.807) is 0 Å². The SMILES string of the molecule is CC(c1nc(-c2ccccc2)no1)N1CCN(CCCC(=O)O)CC1. The van der Waals surface area contributed by atoms with Crippen molar-refractivity contribution in [2.24, 2.45) is 0 Å². The molecule has 0 amide bonds. The molecule has 1 aliphatic rings. The number of aromatic nitrogens is 2. The molecule has 0 aliphatic carbocycles. The Morgan fingerprint density at radius 3 is 2.64 bits per heavy atom. The second kappa shape index (κ2) is 8.22. The maximum atomic E-state index is 10.6. The van der Waals surface area contributed by atoms with Gasteiger partial charge in [0.05, 0.1) is 6.04 Å². The number of nitrogens with zero attached hydrogens (tertiary/aromatic N) is 4. The Hall–Kier alpha value is -2.25. The van der Waals surface area contributed by atoms with E-state index < -0.39 is 5.97 Å². The summed E-state index contributed by atoms with van der Waals surface area (Å²) in [5.74, 6) is 0.533. The zero-order chi connectivity index (χ0) is 17.6. The summed E-state index contributed by atoms with van der Waals surface area (Å²) in [4.78, 5) is 19.8. The third kappa shape index (κ3) is 4.64. The van der Waals surface area contributed by atoms with Crippen LogP contribution in [0.5, 0.6) is 0 Å². The van der Waals surface area contributed by atoms with Crippen LogP contribution in [0, 0.1) is 0 Å². The maximum absolute atomic E-state index is 10.6. The van der Waals surface area contributed by atoms with E-state index in [9.17, 15) is 4.79 Å². The third-order valence-electron chi connectivity index (χ3n) is 4.65. The number of hydrogen-bond acceptors (Lipinski definition) is 6. The van der Waals surface area contributed by atoms with Crippen LogP contribution >= 0.6 is 0 Å². The average Bonchev–Trinajstić information content (AvgIpc) is 3.12. The number of carboxylic acids is 1. The van der Waals surface area contributed by atoms with Gasteiger partial charge in [-0.05, 0) is 19.9 Å². The van der Waals surface area contributed by atoms with Crippen LogP contribution in [0.2, 0.25) is 0 Å². The first kappa shape index (κ1) is 17.6. The molecule has 0 radical (unpaired) electrons. The van der Waals surface area contributed by atoms with Gasteiger partial charge in [0.1, 0.15) is 0 Å². The number of rotatable bonds is 7. The van der Waals surface area contributed by atoms with Crippen molar-refractivity contribution in [2.75, 3.05) is 32.7 Å². The van der Waals surface area contributed by atoms with Crippen molar-refractivity contribution in [3.05, 3.63) is 36.2 Å². The van der Waals surface area contributed by atoms with Crippen molar-refractivity contribution in [2.45, 2.75) is 25.8 Å². The molecular weight excluding hydrogens is 320 g/mol. The van der Waals surface area contributed by atoms with Crippen molar-refractivity contribution >= 4 is 5.97 Å². The van der Waals surface area contributed by atoms with Gasteiger partial charge in [-0.25, -0.2) is 0 Å². The minimum Gasteiger partial charge on any atom is -0.481 e. The van der Waals surface area contributed by atoms with E-state index in [4.69, 9.17) is 9.63 Å². The topological polar surface area (TPSA) is 82.7 Å². The molecule has 1 saturated heterocycles. The Kier molecular flexibility index (Phi) is 5.78. The molecule has 7 heteroatoms. The zero-order valence-corrected chi connectivity index (χ0v) is 14.5. The molecular formula is C18H24N4O3. The number of carbonyl (C=O) groups is 1. The molecule has 0 saturated carbocycles. The lowest BCUT2D eigenvalue weighted by atomic mass is 10.2. The Bertz CT molecular complexity index is 681. The highest BCUT2D eigenvalue weighted by atomic mass is 16.5. The van der Waals surface area contributed by atoms with Gasteiger partial charge in [-0.3, -0.25) is 9.69 Å². The van der Waals surface area contributed by atoms with Crippen molar-refractivity contribution in [1.82, 2.24) is 19.9 Å². The van der Waals surface area contributed by atoms with Crippen LogP contribution in [-0.4, -0.2) is 63.7 Å². The first-order valence-corrected chi connectivity index (χ1v) is 8.70. The number of piperazine rings is 1. The molecule has 1 fully saturated rings. The predicted octanol–water partition coefficient (Wildman–Crippen LogP) is 2.28. The van der Waals surface area contributed by atoms with E-state index in [-0.39, 0.29) is 12.5 Å². The smallest absolute Gasteiger partial charge is 0.303 e. The fraction of sp³-hybridized carbons (Fsp3) is 0.500. The highest BCUT2D eigenvalue weighted by Gasteiger charge is 2.25. The van der Waals surface area contributed by atoms with E-state index in [0.717, 1.165) is 38.3 Å².